The molecule has 0 saturated heterocycles. The largest absolute Gasteiger partial charge is 0.462 e. The van der Waals surface area contributed by atoms with Crippen molar-refractivity contribution in [3.63, 3.8) is 0 Å². The van der Waals surface area contributed by atoms with E-state index in [0.29, 0.717) is 12.2 Å². The first kappa shape index (κ1) is 10.7. The lowest BCUT2D eigenvalue weighted by Gasteiger charge is -2.02. The van der Waals surface area contributed by atoms with Crippen LogP contribution in [0.3, 0.4) is 0 Å². The Morgan fingerprint density at radius 2 is 1.85 bits per heavy atom. The van der Waals surface area contributed by atoms with Gasteiger partial charge in [0.2, 0.25) is 0 Å². The molecule has 0 spiro atoms. The molecule has 13 heavy (non-hydrogen) atoms. The Morgan fingerprint density at radius 1 is 1.31 bits per heavy atom. The predicted molar refractivity (Wildman–Crippen MR) is 57.8 cm³/mol. The van der Waals surface area contributed by atoms with Gasteiger partial charge in [-0.05, 0) is 25.1 Å². The fraction of sp³-hybridized carbons (Fsp3) is 0.222. The van der Waals surface area contributed by atoms with E-state index in [0.717, 1.165) is 8.95 Å². The lowest BCUT2D eigenvalue weighted by atomic mass is 10.2. The molecule has 70 valence electrons. The van der Waals surface area contributed by atoms with Crippen LogP contribution < -0.4 is 0 Å². The van der Waals surface area contributed by atoms with Crippen LogP contribution in [0.5, 0.6) is 0 Å². The number of esters is 1. The minimum Gasteiger partial charge on any atom is -0.462 e. The number of hydrogen-bond donors (Lipinski definition) is 0. The number of halogens is 2. The first-order valence-electron chi connectivity index (χ1n) is 3.76. The molecule has 1 aromatic carbocycles. The minimum atomic E-state index is -0.301. The Labute approximate surface area is 93.5 Å². The molecule has 0 amide bonds. The molecule has 0 N–H and O–H groups in total. The van der Waals surface area contributed by atoms with Gasteiger partial charge in [-0.15, -0.1) is 0 Å². The maximum Gasteiger partial charge on any atom is 0.338 e. The molecule has 1 aromatic rings. The normalized spacial score (nSPS) is 9.77. The average molecular weight is 308 g/mol. The third-order valence-corrected chi connectivity index (χ3v) is 2.29. The van der Waals surface area contributed by atoms with Gasteiger partial charge in [0, 0.05) is 8.95 Å². The standard InChI is InChI=1S/C9H8Br2O2/c1-2-13-9(12)6-3-7(10)5-8(11)4-6/h3-5H,2H2,1H3. The second kappa shape index (κ2) is 4.77. The molecule has 0 fully saturated rings. The summed E-state index contributed by atoms with van der Waals surface area (Å²) in [6.07, 6.45) is 0. The molecule has 0 aliphatic carbocycles. The highest BCUT2D eigenvalue weighted by Crippen LogP contribution is 2.20. The van der Waals surface area contributed by atoms with Crippen molar-refractivity contribution >= 4 is 37.8 Å². The Balaban J connectivity index is 2.94. The number of rotatable bonds is 2. The first-order chi connectivity index (χ1) is 6.13. The van der Waals surface area contributed by atoms with Crippen LogP contribution >= 0.6 is 31.9 Å². The zero-order valence-electron chi connectivity index (χ0n) is 7.01. The summed E-state index contributed by atoms with van der Waals surface area (Å²) in [4.78, 5) is 11.3. The summed E-state index contributed by atoms with van der Waals surface area (Å²) in [5.74, 6) is -0.301. The van der Waals surface area contributed by atoms with Crippen molar-refractivity contribution in [2.45, 2.75) is 6.92 Å². The van der Waals surface area contributed by atoms with Crippen molar-refractivity contribution in [1.29, 1.82) is 0 Å². The molecule has 1 rings (SSSR count). The maximum absolute atomic E-state index is 11.3. The molecular weight excluding hydrogens is 300 g/mol. The predicted octanol–water partition coefficient (Wildman–Crippen LogP) is 3.39. The summed E-state index contributed by atoms with van der Waals surface area (Å²) >= 11 is 6.59. The van der Waals surface area contributed by atoms with Crippen molar-refractivity contribution in [3.8, 4) is 0 Å². The second-order valence-electron chi connectivity index (χ2n) is 2.38. The molecule has 0 atom stereocenters. The molecular formula is C9H8Br2O2. The van der Waals surface area contributed by atoms with Crippen LogP contribution in [-0.2, 0) is 4.74 Å². The van der Waals surface area contributed by atoms with Gasteiger partial charge >= 0.3 is 5.97 Å². The summed E-state index contributed by atoms with van der Waals surface area (Å²) in [5.41, 5.74) is 0.545. The van der Waals surface area contributed by atoms with E-state index in [-0.39, 0.29) is 5.97 Å². The molecule has 0 saturated carbocycles. The van der Waals surface area contributed by atoms with Crippen LogP contribution in [0.25, 0.3) is 0 Å². The van der Waals surface area contributed by atoms with Crippen LogP contribution in [0.1, 0.15) is 17.3 Å². The molecule has 0 aliphatic heterocycles. The van der Waals surface area contributed by atoms with E-state index in [2.05, 4.69) is 31.9 Å². The molecule has 0 radical (unpaired) electrons. The number of hydrogen-bond acceptors (Lipinski definition) is 2. The summed E-state index contributed by atoms with van der Waals surface area (Å²) in [7, 11) is 0. The highest BCUT2D eigenvalue weighted by Gasteiger charge is 2.07. The summed E-state index contributed by atoms with van der Waals surface area (Å²) in [6.45, 7) is 2.17. The van der Waals surface area contributed by atoms with Crippen molar-refractivity contribution in [2.24, 2.45) is 0 Å². The molecule has 4 heteroatoms. The van der Waals surface area contributed by atoms with Crippen molar-refractivity contribution in [3.05, 3.63) is 32.7 Å². The summed E-state index contributed by atoms with van der Waals surface area (Å²) < 4.78 is 6.56. The Morgan fingerprint density at radius 3 is 2.31 bits per heavy atom. The van der Waals surface area contributed by atoms with Crippen molar-refractivity contribution < 1.29 is 9.53 Å². The molecule has 0 aromatic heterocycles. The van der Waals surface area contributed by atoms with E-state index in [1.807, 2.05) is 6.07 Å². The fourth-order valence-corrected chi connectivity index (χ4v) is 2.18. The Bertz CT molecular complexity index is 303. The van der Waals surface area contributed by atoms with Crippen LogP contribution in [0.4, 0.5) is 0 Å². The van der Waals surface area contributed by atoms with Gasteiger partial charge in [-0.1, -0.05) is 31.9 Å². The van der Waals surface area contributed by atoms with Crippen molar-refractivity contribution in [1.82, 2.24) is 0 Å². The van der Waals surface area contributed by atoms with E-state index < -0.39 is 0 Å². The number of ether oxygens (including phenoxy) is 1. The average Bonchev–Trinajstić information content (AvgIpc) is 2.03. The van der Waals surface area contributed by atoms with Gasteiger partial charge < -0.3 is 4.74 Å². The van der Waals surface area contributed by atoms with Gasteiger partial charge in [0.1, 0.15) is 0 Å². The van der Waals surface area contributed by atoms with Gasteiger partial charge in [-0.2, -0.15) is 0 Å². The molecule has 0 unspecified atom stereocenters. The fourth-order valence-electron chi connectivity index (χ4n) is 0.886. The Hall–Kier alpha value is -0.350. The van der Waals surface area contributed by atoms with Gasteiger partial charge in [-0.3, -0.25) is 0 Å². The lowest BCUT2D eigenvalue weighted by Crippen LogP contribution is -2.04. The molecule has 2 nitrogen and oxygen atoms in total. The molecule has 0 heterocycles. The van der Waals surface area contributed by atoms with Gasteiger partial charge in [0.25, 0.3) is 0 Å². The zero-order valence-corrected chi connectivity index (χ0v) is 10.2. The zero-order chi connectivity index (χ0) is 9.84. The van der Waals surface area contributed by atoms with E-state index in [1.54, 1.807) is 19.1 Å². The lowest BCUT2D eigenvalue weighted by molar-refractivity contribution is 0.0526. The highest BCUT2D eigenvalue weighted by atomic mass is 79.9. The quantitative estimate of drug-likeness (QED) is 0.783. The topological polar surface area (TPSA) is 26.3 Å². The van der Waals surface area contributed by atoms with Gasteiger partial charge in [-0.25, -0.2) is 4.79 Å². The van der Waals surface area contributed by atoms with Gasteiger partial charge in [0.15, 0.2) is 0 Å². The minimum absolute atomic E-state index is 0.301. The van der Waals surface area contributed by atoms with Crippen LogP contribution in [0.2, 0.25) is 0 Å². The maximum atomic E-state index is 11.3. The monoisotopic (exact) mass is 306 g/mol. The summed E-state index contributed by atoms with van der Waals surface area (Å²) in [6, 6.07) is 5.31. The van der Waals surface area contributed by atoms with Gasteiger partial charge in [0.05, 0.1) is 12.2 Å². The van der Waals surface area contributed by atoms with E-state index in [1.165, 1.54) is 0 Å². The smallest absolute Gasteiger partial charge is 0.338 e. The molecule has 0 bridgehead atoms. The highest BCUT2D eigenvalue weighted by molar-refractivity contribution is 9.11. The van der Waals surface area contributed by atoms with E-state index in [9.17, 15) is 4.79 Å². The second-order valence-corrected chi connectivity index (χ2v) is 4.21. The molecule has 0 aliphatic rings. The Kier molecular flexibility index (Phi) is 3.93. The third kappa shape index (κ3) is 3.12. The first-order valence-corrected chi connectivity index (χ1v) is 5.35. The summed E-state index contributed by atoms with van der Waals surface area (Å²) in [5, 5.41) is 0. The number of carbonyl (C=O) groups excluding carboxylic acids is 1. The van der Waals surface area contributed by atoms with E-state index >= 15 is 0 Å². The van der Waals surface area contributed by atoms with E-state index in [4.69, 9.17) is 4.74 Å². The number of carbonyl (C=O) groups is 1. The SMILES string of the molecule is CCOC(=O)c1cc(Br)cc(Br)c1. The van der Waals surface area contributed by atoms with Crippen LogP contribution in [0.15, 0.2) is 27.1 Å². The van der Waals surface area contributed by atoms with Crippen molar-refractivity contribution in [2.75, 3.05) is 6.61 Å². The van der Waals surface area contributed by atoms with Crippen LogP contribution in [0, 0.1) is 0 Å². The number of benzene rings is 1. The van der Waals surface area contributed by atoms with Crippen LogP contribution in [-0.4, -0.2) is 12.6 Å². The third-order valence-electron chi connectivity index (χ3n) is 1.37.